The molecule has 0 aliphatic rings. The summed E-state index contributed by atoms with van der Waals surface area (Å²) in [6.45, 7) is 3.80. The van der Waals surface area contributed by atoms with E-state index in [1.54, 1.807) is 12.4 Å². The average Bonchev–Trinajstić information content (AvgIpc) is 2.18. The van der Waals surface area contributed by atoms with Gasteiger partial charge in [0.2, 0.25) is 0 Å². The quantitative estimate of drug-likeness (QED) is 0.666. The summed E-state index contributed by atoms with van der Waals surface area (Å²) in [4.78, 5) is 19.8. The van der Waals surface area contributed by atoms with Crippen LogP contribution in [0.5, 0.6) is 0 Å². The molecule has 0 aliphatic heterocycles. The lowest BCUT2D eigenvalue weighted by molar-refractivity contribution is 0.506. The van der Waals surface area contributed by atoms with E-state index in [-0.39, 0.29) is 11.6 Å². The maximum atomic E-state index is 11.8. The summed E-state index contributed by atoms with van der Waals surface area (Å²) in [5, 5.41) is 4.01. The summed E-state index contributed by atoms with van der Waals surface area (Å²) in [6, 6.07) is 0.0360. The highest BCUT2D eigenvalue weighted by Crippen LogP contribution is 2.02. The summed E-state index contributed by atoms with van der Waals surface area (Å²) in [6.07, 6.45) is 4.61. The van der Waals surface area contributed by atoms with Gasteiger partial charge in [0.25, 0.3) is 5.56 Å². The van der Waals surface area contributed by atoms with E-state index in [0.717, 1.165) is 0 Å². The topological polar surface area (TPSA) is 60.7 Å². The van der Waals surface area contributed by atoms with Crippen LogP contribution in [0.1, 0.15) is 19.9 Å². The molecule has 0 aromatic carbocycles. The first kappa shape index (κ1) is 8.80. The Morgan fingerprint density at radius 2 is 2.00 bits per heavy atom. The standard InChI is InChI=1S/C9H10N4O/c1-6(2)13-9(14)8-7(5-12-13)10-3-4-11-8/h3-6H,1-2H3. The van der Waals surface area contributed by atoms with Crippen LogP contribution in [0.4, 0.5) is 0 Å². The SMILES string of the molecule is CC(C)n1ncc2nccnc2c1=O. The van der Waals surface area contributed by atoms with E-state index < -0.39 is 0 Å². The second-order valence-electron chi connectivity index (χ2n) is 3.28. The van der Waals surface area contributed by atoms with Crippen molar-refractivity contribution in [1.29, 1.82) is 0 Å². The zero-order valence-corrected chi connectivity index (χ0v) is 8.01. The Morgan fingerprint density at radius 3 is 2.71 bits per heavy atom. The first-order chi connectivity index (χ1) is 6.70. The Morgan fingerprint density at radius 1 is 1.29 bits per heavy atom. The molecule has 0 aliphatic carbocycles. The summed E-state index contributed by atoms with van der Waals surface area (Å²) in [7, 11) is 0. The highest BCUT2D eigenvalue weighted by atomic mass is 16.1. The molecule has 0 radical (unpaired) electrons. The molecule has 14 heavy (non-hydrogen) atoms. The van der Waals surface area contributed by atoms with Crippen LogP contribution < -0.4 is 5.56 Å². The first-order valence-electron chi connectivity index (χ1n) is 4.38. The van der Waals surface area contributed by atoms with Gasteiger partial charge in [0.05, 0.1) is 12.2 Å². The minimum Gasteiger partial charge on any atom is -0.265 e. The number of fused-ring (bicyclic) bond motifs is 1. The molecule has 2 rings (SSSR count). The third kappa shape index (κ3) is 1.26. The fraction of sp³-hybridized carbons (Fsp3) is 0.333. The van der Waals surface area contributed by atoms with Gasteiger partial charge in [-0.25, -0.2) is 9.67 Å². The highest BCUT2D eigenvalue weighted by molar-refractivity contribution is 5.70. The maximum absolute atomic E-state index is 11.8. The average molecular weight is 190 g/mol. The van der Waals surface area contributed by atoms with Crippen LogP contribution in [-0.4, -0.2) is 19.7 Å². The molecular formula is C9H10N4O. The molecule has 0 saturated carbocycles. The Labute approximate surface area is 80.4 Å². The minimum atomic E-state index is -0.189. The fourth-order valence-electron chi connectivity index (χ4n) is 1.25. The zero-order chi connectivity index (χ0) is 10.1. The summed E-state index contributed by atoms with van der Waals surface area (Å²) in [5.41, 5.74) is 0.719. The van der Waals surface area contributed by atoms with Crippen molar-refractivity contribution >= 4 is 11.0 Å². The molecule has 2 aromatic rings. The summed E-state index contributed by atoms with van der Waals surface area (Å²) in [5.74, 6) is 0. The van der Waals surface area contributed by atoms with Crippen LogP contribution in [0.15, 0.2) is 23.4 Å². The monoisotopic (exact) mass is 190 g/mol. The molecule has 0 atom stereocenters. The molecule has 0 unspecified atom stereocenters. The van der Waals surface area contributed by atoms with E-state index in [1.165, 1.54) is 10.9 Å². The van der Waals surface area contributed by atoms with Gasteiger partial charge in [-0.3, -0.25) is 9.78 Å². The van der Waals surface area contributed by atoms with Gasteiger partial charge in [-0.1, -0.05) is 0 Å². The first-order valence-corrected chi connectivity index (χ1v) is 4.38. The van der Waals surface area contributed by atoms with Crippen molar-refractivity contribution < 1.29 is 0 Å². The van der Waals surface area contributed by atoms with E-state index in [4.69, 9.17) is 0 Å². The lowest BCUT2D eigenvalue weighted by atomic mass is 10.4. The van der Waals surface area contributed by atoms with Crippen molar-refractivity contribution in [2.45, 2.75) is 19.9 Å². The number of nitrogens with zero attached hydrogens (tertiary/aromatic N) is 4. The largest absolute Gasteiger partial charge is 0.295 e. The van der Waals surface area contributed by atoms with Crippen molar-refractivity contribution in [3.63, 3.8) is 0 Å². The number of aromatic nitrogens is 4. The van der Waals surface area contributed by atoms with Crippen LogP contribution in [0, 0.1) is 0 Å². The number of rotatable bonds is 1. The highest BCUT2D eigenvalue weighted by Gasteiger charge is 2.07. The van der Waals surface area contributed by atoms with Crippen LogP contribution in [-0.2, 0) is 0 Å². The lowest BCUT2D eigenvalue weighted by Crippen LogP contribution is -2.25. The van der Waals surface area contributed by atoms with E-state index in [0.29, 0.717) is 11.0 Å². The Balaban J connectivity index is 2.82. The van der Waals surface area contributed by atoms with Gasteiger partial charge < -0.3 is 0 Å². The van der Waals surface area contributed by atoms with Gasteiger partial charge in [0.1, 0.15) is 5.52 Å². The molecule has 5 nitrogen and oxygen atoms in total. The zero-order valence-electron chi connectivity index (χ0n) is 8.01. The van der Waals surface area contributed by atoms with Crippen molar-refractivity contribution in [2.24, 2.45) is 0 Å². The van der Waals surface area contributed by atoms with Gasteiger partial charge >= 0.3 is 0 Å². The van der Waals surface area contributed by atoms with Crippen LogP contribution in [0.2, 0.25) is 0 Å². The van der Waals surface area contributed by atoms with E-state index in [9.17, 15) is 4.79 Å². The smallest absolute Gasteiger partial charge is 0.265 e. The number of hydrogen-bond donors (Lipinski definition) is 0. The van der Waals surface area contributed by atoms with Crippen molar-refractivity contribution in [2.75, 3.05) is 0 Å². The molecule has 5 heteroatoms. The molecule has 0 fully saturated rings. The summed E-state index contributed by atoms with van der Waals surface area (Å²) < 4.78 is 1.40. The normalized spacial score (nSPS) is 11.1. The van der Waals surface area contributed by atoms with Gasteiger partial charge in [0, 0.05) is 12.4 Å². The molecule has 0 saturated heterocycles. The van der Waals surface area contributed by atoms with Crippen molar-refractivity contribution in [3.8, 4) is 0 Å². The Bertz CT molecular complexity index is 517. The summed E-state index contributed by atoms with van der Waals surface area (Å²) >= 11 is 0. The van der Waals surface area contributed by atoms with Crippen LogP contribution in [0.3, 0.4) is 0 Å². The van der Waals surface area contributed by atoms with E-state index in [1.807, 2.05) is 13.8 Å². The third-order valence-corrected chi connectivity index (χ3v) is 1.93. The van der Waals surface area contributed by atoms with Crippen LogP contribution in [0.25, 0.3) is 11.0 Å². The van der Waals surface area contributed by atoms with Gasteiger partial charge in [-0.2, -0.15) is 5.10 Å². The van der Waals surface area contributed by atoms with Crippen LogP contribution >= 0.6 is 0 Å². The lowest BCUT2D eigenvalue weighted by Gasteiger charge is -2.07. The minimum absolute atomic E-state index is 0.0360. The van der Waals surface area contributed by atoms with E-state index in [2.05, 4.69) is 15.1 Å². The third-order valence-electron chi connectivity index (χ3n) is 1.93. The van der Waals surface area contributed by atoms with E-state index >= 15 is 0 Å². The predicted octanol–water partition coefficient (Wildman–Crippen LogP) is 0.767. The molecule has 2 aromatic heterocycles. The fourth-order valence-corrected chi connectivity index (χ4v) is 1.25. The molecule has 72 valence electrons. The Hall–Kier alpha value is -1.78. The van der Waals surface area contributed by atoms with Gasteiger partial charge in [-0.15, -0.1) is 0 Å². The molecule has 0 bridgehead atoms. The molecule has 0 amide bonds. The number of hydrogen-bond acceptors (Lipinski definition) is 4. The van der Waals surface area contributed by atoms with Crippen molar-refractivity contribution in [3.05, 3.63) is 28.9 Å². The van der Waals surface area contributed by atoms with Gasteiger partial charge in [-0.05, 0) is 13.8 Å². The molecular weight excluding hydrogens is 180 g/mol. The molecule has 2 heterocycles. The second-order valence-corrected chi connectivity index (χ2v) is 3.28. The predicted molar refractivity (Wildman–Crippen MR) is 52.0 cm³/mol. The molecule has 0 N–H and O–H groups in total. The molecule has 0 spiro atoms. The maximum Gasteiger partial charge on any atom is 0.295 e. The van der Waals surface area contributed by atoms with Crippen molar-refractivity contribution in [1.82, 2.24) is 19.7 Å². The Kier molecular flexibility index (Phi) is 1.99. The second kappa shape index (κ2) is 3.17. The van der Waals surface area contributed by atoms with Gasteiger partial charge in [0.15, 0.2) is 5.52 Å².